The number of carbonyl (C=O) groups excluding carboxylic acids is 1. The number of aromatic nitrogens is 1. The van der Waals surface area contributed by atoms with Gasteiger partial charge in [0.2, 0.25) is 15.9 Å². The molecule has 164 valence electrons. The quantitative estimate of drug-likeness (QED) is 0.605. The highest BCUT2D eigenvalue weighted by molar-refractivity contribution is 7.89. The molecule has 0 bridgehead atoms. The summed E-state index contributed by atoms with van der Waals surface area (Å²) in [5.41, 5.74) is 0.673. The van der Waals surface area contributed by atoms with Crippen molar-refractivity contribution in [1.82, 2.24) is 8.68 Å². The predicted octanol–water partition coefficient (Wildman–Crippen LogP) is 3.35. The molecule has 1 amide bonds. The molecule has 4 rings (SSSR count). The molecule has 1 saturated heterocycles. The van der Waals surface area contributed by atoms with Crippen LogP contribution in [-0.4, -0.2) is 50.3 Å². The summed E-state index contributed by atoms with van der Waals surface area (Å²) >= 11 is 1.39. The molecule has 1 aliphatic rings. The number of hydrogen-bond acceptors (Lipinski definition) is 7. The van der Waals surface area contributed by atoms with Gasteiger partial charge in [-0.25, -0.2) is 8.42 Å². The Morgan fingerprint density at radius 1 is 1.19 bits per heavy atom. The summed E-state index contributed by atoms with van der Waals surface area (Å²) in [7, 11) is -0.958. The van der Waals surface area contributed by atoms with Gasteiger partial charge < -0.3 is 14.8 Å². The van der Waals surface area contributed by atoms with Crippen molar-refractivity contribution in [2.24, 2.45) is 5.92 Å². The van der Waals surface area contributed by atoms with Crippen LogP contribution in [0.15, 0.2) is 47.5 Å². The zero-order chi connectivity index (χ0) is 22.0. The smallest absolute Gasteiger partial charge is 0.246 e. The zero-order valence-corrected chi connectivity index (χ0v) is 18.8. The summed E-state index contributed by atoms with van der Waals surface area (Å²) in [6, 6.07) is 10.3. The minimum absolute atomic E-state index is 0.0332. The molecule has 3 aromatic rings. The number of piperidine rings is 1. The van der Waals surface area contributed by atoms with E-state index < -0.39 is 15.9 Å². The van der Waals surface area contributed by atoms with Crippen LogP contribution >= 0.6 is 11.5 Å². The second-order valence-electron chi connectivity index (χ2n) is 7.29. The highest BCUT2D eigenvalue weighted by Crippen LogP contribution is 2.33. The molecule has 1 fully saturated rings. The number of ether oxygens (including phenoxy) is 2. The maximum Gasteiger partial charge on any atom is 0.246 e. The monoisotopic (exact) mass is 461 g/mol. The van der Waals surface area contributed by atoms with Gasteiger partial charge >= 0.3 is 0 Å². The van der Waals surface area contributed by atoms with Crippen molar-refractivity contribution in [1.29, 1.82) is 0 Å². The SMILES string of the molecule is COc1ccc(OC)c(S(=O)(=O)N2CCCC(C(=O)Nc3ccc4sncc4c3)C2)c1. The van der Waals surface area contributed by atoms with Crippen LogP contribution in [-0.2, 0) is 14.8 Å². The summed E-state index contributed by atoms with van der Waals surface area (Å²) in [5, 5.41) is 3.88. The molecule has 0 radical (unpaired) electrons. The third kappa shape index (κ3) is 4.36. The lowest BCUT2D eigenvalue weighted by Crippen LogP contribution is -2.43. The second-order valence-corrected chi connectivity index (χ2v) is 10.0. The molecule has 10 heteroatoms. The van der Waals surface area contributed by atoms with E-state index in [4.69, 9.17) is 9.47 Å². The van der Waals surface area contributed by atoms with Crippen molar-refractivity contribution in [3.8, 4) is 11.5 Å². The van der Waals surface area contributed by atoms with Gasteiger partial charge in [-0.2, -0.15) is 8.68 Å². The number of anilines is 1. The summed E-state index contributed by atoms with van der Waals surface area (Å²) in [6.45, 7) is 0.454. The van der Waals surface area contributed by atoms with Gasteiger partial charge in [0.15, 0.2) is 0 Å². The first-order valence-electron chi connectivity index (χ1n) is 9.80. The lowest BCUT2D eigenvalue weighted by atomic mass is 9.98. The van der Waals surface area contributed by atoms with Crippen molar-refractivity contribution in [2.75, 3.05) is 32.6 Å². The Bertz CT molecular complexity index is 1210. The van der Waals surface area contributed by atoms with Crippen molar-refractivity contribution < 1.29 is 22.7 Å². The predicted molar refractivity (Wildman–Crippen MR) is 119 cm³/mol. The first-order chi connectivity index (χ1) is 14.9. The van der Waals surface area contributed by atoms with Gasteiger partial charge in [0.25, 0.3) is 0 Å². The first kappa shape index (κ1) is 21.5. The fraction of sp³-hybridized carbons (Fsp3) is 0.333. The molecule has 2 heterocycles. The summed E-state index contributed by atoms with van der Waals surface area (Å²) in [4.78, 5) is 12.9. The Kier molecular flexibility index (Phi) is 6.12. The Morgan fingerprint density at radius 3 is 2.81 bits per heavy atom. The van der Waals surface area contributed by atoms with Crippen molar-refractivity contribution in [3.63, 3.8) is 0 Å². The van der Waals surface area contributed by atoms with Crippen LogP contribution in [0.5, 0.6) is 11.5 Å². The molecule has 0 spiro atoms. The molecule has 1 atom stereocenters. The van der Waals surface area contributed by atoms with Gasteiger partial charge in [0.1, 0.15) is 16.4 Å². The Hall–Kier alpha value is -2.69. The maximum atomic E-state index is 13.3. The summed E-state index contributed by atoms with van der Waals surface area (Å²) in [5.74, 6) is 0.0190. The summed E-state index contributed by atoms with van der Waals surface area (Å²) < 4.78 is 43.6. The molecular formula is C21H23N3O5S2. The average molecular weight is 462 g/mol. The van der Waals surface area contributed by atoms with Crippen LogP contribution in [0.1, 0.15) is 12.8 Å². The highest BCUT2D eigenvalue weighted by atomic mass is 32.2. The van der Waals surface area contributed by atoms with Gasteiger partial charge in [-0.05, 0) is 54.7 Å². The van der Waals surface area contributed by atoms with Gasteiger partial charge in [-0.15, -0.1) is 0 Å². The number of methoxy groups -OCH3 is 2. The largest absolute Gasteiger partial charge is 0.497 e. The normalized spacial score (nSPS) is 17.4. The number of hydrogen-bond donors (Lipinski definition) is 1. The van der Waals surface area contributed by atoms with Crippen LogP contribution in [0.4, 0.5) is 5.69 Å². The van der Waals surface area contributed by atoms with Gasteiger partial charge in [-0.3, -0.25) is 4.79 Å². The molecule has 1 unspecified atom stereocenters. The van der Waals surface area contributed by atoms with E-state index in [1.54, 1.807) is 18.3 Å². The van der Waals surface area contributed by atoms with Crippen molar-refractivity contribution in [3.05, 3.63) is 42.6 Å². The number of nitrogens with one attached hydrogen (secondary N) is 1. The zero-order valence-electron chi connectivity index (χ0n) is 17.2. The minimum Gasteiger partial charge on any atom is -0.497 e. The standard InChI is InChI=1S/C21H23N3O5S2/c1-28-17-6-7-18(29-2)20(11-17)31(26,27)24-9-3-4-14(13-24)21(25)23-16-5-8-19-15(10-16)12-22-30-19/h5-8,10-12,14H,3-4,9,13H2,1-2H3,(H,23,25). The number of carbonyl (C=O) groups is 1. The molecule has 0 saturated carbocycles. The second kappa shape index (κ2) is 8.81. The highest BCUT2D eigenvalue weighted by Gasteiger charge is 2.35. The topological polar surface area (TPSA) is 97.8 Å². The molecule has 8 nitrogen and oxygen atoms in total. The fourth-order valence-electron chi connectivity index (χ4n) is 3.69. The van der Waals surface area contributed by atoms with E-state index >= 15 is 0 Å². The van der Waals surface area contributed by atoms with Crippen LogP contribution in [0.25, 0.3) is 10.1 Å². The van der Waals surface area contributed by atoms with E-state index in [0.29, 0.717) is 30.8 Å². The molecular weight excluding hydrogens is 438 g/mol. The lowest BCUT2D eigenvalue weighted by Gasteiger charge is -2.31. The molecule has 31 heavy (non-hydrogen) atoms. The molecule has 0 aliphatic carbocycles. The fourth-order valence-corrected chi connectivity index (χ4v) is 6.01. The Labute approximate surface area is 185 Å². The number of fused-ring (bicyclic) bond motifs is 1. The minimum atomic E-state index is -3.86. The molecule has 1 aromatic heterocycles. The molecule has 1 N–H and O–H groups in total. The van der Waals surface area contributed by atoms with E-state index in [2.05, 4.69) is 9.69 Å². The number of sulfonamides is 1. The van der Waals surface area contributed by atoms with Crippen molar-refractivity contribution >= 4 is 43.2 Å². The van der Waals surface area contributed by atoms with Crippen LogP contribution in [0.2, 0.25) is 0 Å². The summed E-state index contributed by atoms with van der Waals surface area (Å²) in [6.07, 6.45) is 2.97. The van der Waals surface area contributed by atoms with E-state index in [1.807, 2.05) is 18.2 Å². The number of amides is 1. The maximum absolute atomic E-state index is 13.3. The molecule has 1 aliphatic heterocycles. The number of nitrogens with zero attached hydrogens (tertiary/aromatic N) is 2. The number of benzene rings is 2. The average Bonchev–Trinajstić information content (AvgIpc) is 3.26. The Morgan fingerprint density at radius 2 is 2.03 bits per heavy atom. The third-order valence-corrected chi connectivity index (χ3v) is 8.03. The van der Waals surface area contributed by atoms with Gasteiger partial charge in [-0.1, -0.05) is 0 Å². The Balaban J connectivity index is 1.53. The van der Waals surface area contributed by atoms with Gasteiger partial charge in [0.05, 0.1) is 24.8 Å². The van der Waals surface area contributed by atoms with E-state index in [1.165, 1.54) is 36.1 Å². The van der Waals surface area contributed by atoms with Crippen LogP contribution < -0.4 is 14.8 Å². The molecule has 2 aromatic carbocycles. The lowest BCUT2D eigenvalue weighted by molar-refractivity contribution is -0.120. The third-order valence-electron chi connectivity index (χ3n) is 5.36. The number of rotatable bonds is 6. The van der Waals surface area contributed by atoms with E-state index in [0.717, 1.165) is 10.1 Å². The van der Waals surface area contributed by atoms with Gasteiger partial charge in [0, 0.05) is 36.4 Å². The van der Waals surface area contributed by atoms with E-state index in [-0.39, 0.29) is 23.1 Å². The van der Waals surface area contributed by atoms with Crippen molar-refractivity contribution in [2.45, 2.75) is 17.7 Å². The van der Waals surface area contributed by atoms with E-state index in [9.17, 15) is 13.2 Å². The van der Waals surface area contributed by atoms with Crippen LogP contribution in [0, 0.1) is 5.92 Å². The first-order valence-corrected chi connectivity index (χ1v) is 12.0. The van der Waals surface area contributed by atoms with Crippen LogP contribution in [0.3, 0.4) is 0 Å².